The Kier molecular flexibility index (Phi) is 3.21. The highest BCUT2D eigenvalue weighted by molar-refractivity contribution is 5.29. The molecule has 1 unspecified atom stereocenters. The zero-order valence-corrected chi connectivity index (χ0v) is 8.92. The number of hydrogen-bond acceptors (Lipinski definition) is 2. The first-order valence-corrected chi connectivity index (χ1v) is 5.32. The van der Waals surface area contributed by atoms with Crippen molar-refractivity contribution in [1.29, 1.82) is 0 Å². The maximum atomic E-state index is 13.2. The average molecular weight is 209 g/mol. The van der Waals surface area contributed by atoms with Crippen LogP contribution in [0.5, 0.6) is 5.75 Å². The molecule has 0 amide bonds. The fourth-order valence-electron chi connectivity index (χ4n) is 2.08. The summed E-state index contributed by atoms with van der Waals surface area (Å²) in [6.07, 6.45) is 2.11. The van der Waals surface area contributed by atoms with E-state index in [0.29, 0.717) is 11.7 Å². The Morgan fingerprint density at radius 1 is 1.47 bits per heavy atom. The number of nitrogens with one attached hydrogen (secondary N) is 1. The van der Waals surface area contributed by atoms with Crippen molar-refractivity contribution in [2.45, 2.75) is 12.8 Å². The van der Waals surface area contributed by atoms with Crippen molar-refractivity contribution in [3.05, 3.63) is 29.6 Å². The topological polar surface area (TPSA) is 21.3 Å². The van der Waals surface area contributed by atoms with Crippen molar-refractivity contribution in [3.8, 4) is 5.75 Å². The van der Waals surface area contributed by atoms with Gasteiger partial charge in [0.25, 0.3) is 0 Å². The number of hydrogen-bond donors (Lipinski definition) is 1. The second kappa shape index (κ2) is 4.62. The first-order valence-electron chi connectivity index (χ1n) is 5.32. The van der Waals surface area contributed by atoms with Gasteiger partial charge in [-0.1, -0.05) is 0 Å². The van der Waals surface area contributed by atoms with Gasteiger partial charge in [0.1, 0.15) is 11.6 Å². The van der Waals surface area contributed by atoms with Crippen LogP contribution < -0.4 is 10.1 Å². The van der Waals surface area contributed by atoms with Gasteiger partial charge in [-0.3, -0.25) is 0 Å². The molecule has 1 fully saturated rings. The third-order valence-electron chi connectivity index (χ3n) is 2.85. The summed E-state index contributed by atoms with van der Waals surface area (Å²) in [5.41, 5.74) is 1.03. The minimum Gasteiger partial charge on any atom is -0.497 e. The minimum atomic E-state index is -0.213. The molecule has 1 N–H and O–H groups in total. The largest absolute Gasteiger partial charge is 0.497 e. The van der Waals surface area contributed by atoms with Gasteiger partial charge in [0, 0.05) is 6.07 Å². The molecule has 0 aliphatic carbocycles. The Balaban J connectivity index is 2.09. The molecule has 1 aromatic carbocycles. The van der Waals surface area contributed by atoms with Crippen molar-refractivity contribution in [3.63, 3.8) is 0 Å². The Morgan fingerprint density at radius 3 is 3.00 bits per heavy atom. The molecule has 0 bridgehead atoms. The van der Waals surface area contributed by atoms with Gasteiger partial charge in [0.2, 0.25) is 0 Å². The molecule has 2 rings (SSSR count). The maximum Gasteiger partial charge on any atom is 0.127 e. The number of benzene rings is 1. The van der Waals surface area contributed by atoms with E-state index in [1.165, 1.54) is 12.5 Å². The van der Waals surface area contributed by atoms with Crippen molar-refractivity contribution >= 4 is 0 Å². The summed E-state index contributed by atoms with van der Waals surface area (Å²) in [6.45, 7) is 2.12. The molecule has 1 aromatic rings. The summed E-state index contributed by atoms with van der Waals surface area (Å²) in [4.78, 5) is 0. The number of methoxy groups -OCH3 is 1. The maximum absolute atomic E-state index is 13.2. The van der Waals surface area contributed by atoms with Crippen molar-refractivity contribution in [2.24, 2.45) is 5.92 Å². The molecule has 3 heteroatoms. The van der Waals surface area contributed by atoms with Gasteiger partial charge in [-0.15, -0.1) is 0 Å². The average Bonchev–Trinajstić information content (AvgIpc) is 2.69. The highest BCUT2D eigenvalue weighted by Gasteiger charge is 2.15. The van der Waals surface area contributed by atoms with Crippen LogP contribution in [0.25, 0.3) is 0 Å². The monoisotopic (exact) mass is 209 g/mol. The van der Waals surface area contributed by atoms with E-state index >= 15 is 0 Å². The predicted molar refractivity (Wildman–Crippen MR) is 57.6 cm³/mol. The molecule has 15 heavy (non-hydrogen) atoms. The summed E-state index contributed by atoms with van der Waals surface area (Å²) < 4.78 is 18.2. The van der Waals surface area contributed by atoms with Gasteiger partial charge in [-0.2, -0.15) is 0 Å². The normalized spacial score (nSPS) is 20.5. The number of halogens is 1. The summed E-state index contributed by atoms with van der Waals surface area (Å²) in [5, 5.41) is 3.31. The zero-order chi connectivity index (χ0) is 10.7. The van der Waals surface area contributed by atoms with Crippen LogP contribution in [0.3, 0.4) is 0 Å². The van der Waals surface area contributed by atoms with Crippen LogP contribution in [0.4, 0.5) is 4.39 Å². The lowest BCUT2D eigenvalue weighted by molar-refractivity contribution is 0.410. The summed E-state index contributed by atoms with van der Waals surface area (Å²) in [5.74, 6) is 1.03. The minimum absolute atomic E-state index is 0.213. The van der Waals surface area contributed by atoms with Crippen LogP contribution in [0.2, 0.25) is 0 Å². The van der Waals surface area contributed by atoms with Gasteiger partial charge < -0.3 is 10.1 Å². The molecule has 1 saturated heterocycles. The second-order valence-corrected chi connectivity index (χ2v) is 4.06. The third-order valence-corrected chi connectivity index (χ3v) is 2.85. The van der Waals surface area contributed by atoms with E-state index in [4.69, 9.17) is 4.74 Å². The van der Waals surface area contributed by atoms with Crippen LogP contribution in [0.15, 0.2) is 18.2 Å². The predicted octanol–water partition coefficient (Wildman–Crippen LogP) is 1.99. The van der Waals surface area contributed by atoms with Crippen LogP contribution in [0, 0.1) is 11.7 Å². The van der Waals surface area contributed by atoms with E-state index in [2.05, 4.69) is 5.32 Å². The highest BCUT2D eigenvalue weighted by Crippen LogP contribution is 2.20. The van der Waals surface area contributed by atoms with Gasteiger partial charge in [0.05, 0.1) is 7.11 Å². The molecule has 1 atom stereocenters. The molecule has 1 heterocycles. The molecule has 0 radical (unpaired) electrons. The molecule has 0 spiro atoms. The van der Waals surface area contributed by atoms with Gasteiger partial charge in [-0.05, 0) is 49.5 Å². The number of ether oxygens (including phenoxy) is 1. The molecule has 82 valence electrons. The standard InChI is InChI=1S/C12H16FNO/c1-15-12-6-10(5-11(13)7-12)4-9-2-3-14-8-9/h5-7,9,14H,2-4,8H2,1H3. The van der Waals surface area contributed by atoms with E-state index in [1.807, 2.05) is 6.07 Å². The first-order chi connectivity index (χ1) is 7.28. The summed E-state index contributed by atoms with van der Waals surface area (Å²) >= 11 is 0. The number of rotatable bonds is 3. The molecular formula is C12H16FNO. The Labute approximate surface area is 89.4 Å². The molecule has 2 nitrogen and oxygen atoms in total. The second-order valence-electron chi connectivity index (χ2n) is 4.06. The van der Waals surface area contributed by atoms with Crippen molar-refractivity contribution in [2.75, 3.05) is 20.2 Å². The lowest BCUT2D eigenvalue weighted by Crippen LogP contribution is -2.10. The summed E-state index contributed by atoms with van der Waals surface area (Å²) in [7, 11) is 1.57. The lowest BCUT2D eigenvalue weighted by atomic mass is 9.98. The van der Waals surface area contributed by atoms with Gasteiger partial charge in [0.15, 0.2) is 0 Å². The smallest absolute Gasteiger partial charge is 0.127 e. The third kappa shape index (κ3) is 2.69. The van der Waals surface area contributed by atoms with E-state index in [9.17, 15) is 4.39 Å². The van der Waals surface area contributed by atoms with Crippen LogP contribution in [-0.4, -0.2) is 20.2 Å². The molecule has 1 aliphatic heterocycles. The summed E-state index contributed by atoms with van der Waals surface area (Å²) in [6, 6.07) is 4.93. The van der Waals surface area contributed by atoms with E-state index in [0.717, 1.165) is 25.1 Å². The van der Waals surface area contributed by atoms with Crippen LogP contribution >= 0.6 is 0 Å². The molecule has 0 saturated carbocycles. The van der Waals surface area contributed by atoms with Crippen molar-refractivity contribution in [1.82, 2.24) is 5.32 Å². The highest BCUT2D eigenvalue weighted by atomic mass is 19.1. The van der Waals surface area contributed by atoms with Crippen LogP contribution in [0.1, 0.15) is 12.0 Å². The molecule has 0 aromatic heterocycles. The van der Waals surface area contributed by atoms with E-state index in [1.54, 1.807) is 13.2 Å². The fourth-order valence-corrected chi connectivity index (χ4v) is 2.08. The zero-order valence-electron chi connectivity index (χ0n) is 8.92. The van der Waals surface area contributed by atoms with Gasteiger partial charge in [-0.25, -0.2) is 4.39 Å². The Hall–Kier alpha value is -1.09. The van der Waals surface area contributed by atoms with Crippen LogP contribution in [-0.2, 0) is 6.42 Å². The van der Waals surface area contributed by atoms with E-state index < -0.39 is 0 Å². The van der Waals surface area contributed by atoms with Gasteiger partial charge >= 0.3 is 0 Å². The lowest BCUT2D eigenvalue weighted by Gasteiger charge is -2.09. The SMILES string of the molecule is COc1cc(F)cc(CC2CCNC2)c1. The van der Waals surface area contributed by atoms with Crippen molar-refractivity contribution < 1.29 is 9.13 Å². The Bertz CT molecular complexity index is 334. The Morgan fingerprint density at radius 2 is 2.33 bits per heavy atom. The first kappa shape index (κ1) is 10.4. The fraction of sp³-hybridized carbons (Fsp3) is 0.500. The van der Waals surface area contributed by atoms with E-state index in [-0.39, 0.29) is 5.82 Å². The quantitative estimate of drug-likeness (QED) is 0.822. The molecule has 1 aliphatic rings. The molecular weight excluding hydrogens is 193 g/mol.